The van der Waals surface area contributed by atoms with Gasteiger partial charge in [-0.15, -0.1) is 0 Å². The van der Waals surface area contributed by atoms with Crippen molar-refractivity contribution in [2.75, 3.05) is 40.3 Å². The molecule has 3 nitrogen and oxygen atoms in total. The lowest BCUT2D eigenvalue weighted by Gasteiger charge is -2.20. The van der Waals surface area contributed by atoms with Gasteiger partial charge in [0.05, 0.1) is 5.56 Å². The van der Waals surface area contributed by atoms with Gasteiger partial charge in [-0.1, -0.05) is 12.1 Å². The third kappa shape index (κ3) is 4.12. The molecule has 1 heterocycles. The molecule has 2 rings (SSSR count). The molecule has 4 heteroatoms. The molecule has 1 aliphatic heterocycles. The molecule has 0 aliphatic carbocycles. The number of rotatable bonds is 6. The maximum absolute atomic E-state index is 13.5. The van der Waals surface area contributed by atoms with E-state index in [4.69, 9.17) is 0 Å². The minimum atomic E-state index is -0.419. The van der Waals surface area contributed by atoms with Crippen molar-refractivity contribution in [3.05, 3.63) is 35.6 Å². The largest absolute Gasteiger partial charge is 0.306 e. The molecule has 1 aromatic carbocycles. The third-order valence-corrected chi connectivity index (χ3v) is 3.95. The summed E-state index contributed by atoms with van der Waals surface area (Å²) in [5.41, 5.74) is 0.210. The Bertz CT molecular complexity index is 464. The lowest BCUT2D eigenvalue weighted by molar-refractivity contribution is 0.0962. The standard InChI is InChI=1S/C16H23FN2O/c1-18-9-7-13(11-18)12-19(2)10-8-16(20)14-5-3-4-6-15(14)17/h3-6,13H,7-12H2,1-2H3. The topological polar surface area (TPSA) is 23.6 Å². The predicted octanol–water partition coefficient (Wildman–Crippen LogP) is 2.28. The number of nitrogens with zero attached hydrogens (tertiary/aromatic N) is 2. The third-order valence-electron chi connectivity index (χ3n) is 3.95. The number of benzene rings is 1. The van der Waals surface area contributed by atoms with E-state index < -0.39 is 5.82 Å². The van der Waals surface area contributed by atoms with E-state index in [9.17, 15) is 9.18 Å². The van der Waals surface area contributed by atoms with Crippen LogP contribution in [0.3, 0.4) is 0 Å². The molecule has 1 aromatic rings. The highest BCUT2D eigenvalue weighted by atomic mass is 19.1. The highest BCUT2D eigenvalue weighted by Gasteiger charge is 2.21. The van der Waals surface area contributed by atoms with Gasteiger partial charge in [-0.05, 0) is 45.1 Å². The Labute approximate surface area is 120 Å². The van der Waals surface area contributed by atoms with Crippen LogP contribution >= 0.6 is 0 Å². The van der Waals surface area contributed by atoms with Crippen molar-refractivity contribution in [2.45, 2.75) is 12.8 Å². The van der Waals surface area contributed by atoms with Crippen molar-refractivity contribution < 1.29 is 9.18 Å². The first-order valence-electron chi connectivity index (χ1n) is 7.21. The average Bonchev–Trinajstić information content (AvgIpc) is 2.82. The number of carbonyl (C=O) groups excluding carboxylic acids is 1. The van der Waals surface area contributed by atoms with Crippen molar-refractivity contribution >= 4 is 5.78 Å². The Morgan fingerprint density at radius 2 is 2.20 bits per heavy atom. The van der Waals surface area contributed by atoms with Crippen LogP contribution in [0.2, 0.25) is 0 Å². The first-order valence-corrected chi connectivity index (χ1v) is 7.21. The van der Waals surface area contributed by atoms with E-state index in [2.05, 4.69) is 16.8 Å². The van der Waals surface area contributed by atoms with Crippen LogP contribution in [0.25, 0.3) is 0 Å². The van der Waals surface area contributed by atoms with Crippen LogP contribution in [0.1, 0.15) is 23.2 Å². The molecule has 0 spiro atoms. The van der Waals surface area contributed by atoms with Gasteiger partial charge in [0.25, 0.3) is 0 Å². The molecule has 110 valence electrons. The minimum Gasteiger partial charge on any atom is -0.306 e. The summed E-state index contributed by atoms with van der Waals surface area (Å²) >= 11 is 0. The van der Waals surface area contributed by atoms with Gasteiger partial charge < -0.3 is 9.80 Å². The molecular formula is C16H23FN2O. The van der Waals surface area contributed by atoms with Crippen LogP contribution in [0.4, 0.5) is 4.39 Å². The maximum atomic E-state index is 13.5. The van der Waals surface area contributed by atoms with Crippen LogP contribution in [-0.2, 0) is 0 Å². The summed E-state index contributed by atoms with van der Waals surface area (Å²) in [4.78, 5) is 16.5. The van der Waals surface area contributed by atoms with Gasteiger partial charge in [-0.2, -0.15) is 0 Å². The summed E-state index contributed by atoms with van der Waals surface area (Å²) in [7, 11) is 4.18. The Balaban J connectivity index is 1.77. The van der Waals surface area contributed by atoms with Gasteiger partial charge in [0.15, 0.2) is 5.78 Å². The van der Waals surface area contributed by atoms with Gasteiger partial charge in [-0.3, -0.25) is 4.79 Å². The summed E-state index contributed by atoms with van der Waals surface area (Å²) in [5, 5.41) is 0. The van der Waals surface area contributed by atoms with E-state index in [1.165, 1.54) is 12.5 Å². The summed E-state index contributed by atoms with van der Waals surface area (Å²) in [6.45, 7) is 3.99. The quantitative estimate of drug-likeness (QED) is 0.746. The van der Waals surface area contributed by atoms with E-state index in [0.29, 0.717) is 18.9 Å². The highest BCUT2D eigenvalue weighted by molar-refractivity contribution is 5.96. The van der Waals surface area contributed by atoms with E-state index in [0.717, 1.165) is 19.6 Å². The zero-order valence-corrected chi connectivity index (χ0v) is 12.3. The molecule has 1 fully saturated rings. The fourth-order valence-electron chi connectivity index (χ4n) is 2.82. The number of carbonyl (C=O) groups is 1. The number of Topliss-reactive ketones (excluding diaryl/α,β-unsaturated/α-hetero) is 1. The van der Waals surface area contributed by atoms with Gasteiger partial charge >= 0.3 is 0 Å². The van der Waals surface area contributed by atoms with Crippen molar-refractivity contribution in [3.8, 4) is 0 Å². The van der Waals surface area contributed by atoms with Crippen LogP contribution in [0.5, 0.6) is 0 Å². The molecular weight excluding hydrogens is 255 g/mol. The van der Waals surface area contributed by atoms with Crippen molar-refractivity contribution in [3.63, 3.8) is 0 Å². The number of ketones is 1. The van der Waals surface area contributed by atoms with Crippen molar-refractivity contribution in [1.29, 1.82) is 0 Å². The fraction of sp³-hybridized carbons (Fsp3) is 0.562. The van der Waals surface area contributed by atoms with Crippen molar-refractivity contribution in [1.82, 2.24) is 9.80 Å². The average molecular weight is 278 g/mol. The zero-order chi connectivity index (χ0) is 14.5. The van der Waals surface area contributed by atoms with Crippen LogP contribution in [-0.4, -0.2) is 55.9 Å². The van der Waals surface area contributed by atoms with E-state index in [1.807, 2.05) is 7.05 Å². The van der Waals surface area contributed by atoms with Gasteiger partial charge in [0.2, 0.25) is 0 Å². The number of hydrogen-bond donors (Lipinski definition) is 0. The smallest absolute Gasteiger partial charge is 0.167 e. The number of hydrogen-bond acceptors (Lipinski definition) is 3. The minimum absolute atomic E-state index is 0.113. The number of halogens is 1. The summed E-state index contributed by atoms with van der Waals surface area (Å²) in [6.07, 6.45) is 1.60. The van der Waals surface area contributed by atoms with E-state index in [-0.39, 0.29) is 11.3 Å². The highest BCUT2D eigenvalue weighted by Crippen LogP contribution is 2.15. The molecule has 0 N–H and O–H groups in total. The lowest BCUT2D eigenvalue weighted by Crippen LogP contribution is -2.29. The number of likely N-dealkylation sites (tertiary alicyclic amines) is 1. The molecule has 20 heavy (non-hydrogen) atoms. The Kier molecular flexibility index (Phi) is 5.26. The normalized spacial score (nSPS) is 19.7. The van der Waals surface area contributed by atoms with Crippen molar-refractivity contribution in [2.24, 2.45) is 5.92 Å². The zero-order valence-electron chi connectivity index (χ0n) is 12.3. The molecule has 1 aliphatic rings. The van der Waals surface area contributed by atoms with Crippen LogP contribution in [0, 0.1) is 11.7 Å². The monoisotopic (exact) mass is 278 g/mol. The Morgan fingerprint density at radius 3 is 2.85 bits per heavy atom. The first kappa shape index (κ1) is 15.1. The Hall–Kier alpha value is -1.26. The lowest BCUT2D eigenvalue weighted by atomic mass is 10.1. The predicted molar refractivity (Wildman–Crippen MR) is 78.4 cm³/mol. The van der Waals surface area contributed by atoms with Crippen LogP contribution < -0.4 is 0 Å². The molecule has 0 amide bonds. The molecule has 1 atom stereocenters. The summed E-state index contributed by atoms with van der Waals surface area (Å²) in [6, 6.07) is 6.21. The second kappa shape index (κ2) is 6.95. The molecule has 0 bridgehead atoms. The summed E-state index contributed by atoms with van der Waals surface area (Å²) < 4.78 is 13.5. The first-order chi connectivity index (χ1) is 9.56. The Morgan fingerprint density at radius 1 is 1.45 bits per heavy atom. The second-order valence-corrected chi connectivity index (χ2v) is 5.83. The second-order valence-electron chi connectivity index (χ2n) is 5.83. The van der Waals surface area contributed by atoms with E-state index in [1.54, 1.807) is 18.2 Å². The van der Waals surface area contributed by atoms with Crippen LogP contribution in [0.15, 0.2) is 24.3 Å². The van der Waals surface area contributed by atoms with Gasteiger partial charge in [-0.25, -0.2) is 4.39 Å². The SMILES string of the molecule is CN(CCC(=O)c1ccccc1F)CC1CCN(C)C1. The molecule has 0 radical (unpaired) electrons. The molecule has 1 saturated heterocycles. The van der Waals surface area contributed by atoms with Gasteiger partial charge in [0.1, 0.15) is 5.82 Å². The molecule has 0 saturated carbocycles. The van der Waals surface area contributed by atoms with E-state index >= 15 is 0 Å². The fourth-order valence-corrected chi connectivity index (χ4v) is 2.82. The maximum Gasteiger partial charge on any atom is 0.167 e. The molecule has 0 aromatic heterocycles. The summed E-state index contributed by atoms with van der Waals surface area (Å²) in [5.74, 6) is 0.157. The van der Waals surface area contributed by atoms with Gasteiger partial charge in [0, 0.05) is 26.1 Å². The molecule has 1 unspecified atom stereocenters.